The lowest BCUT2D eigenvalue weighted by Gasteiger charge is -2.36. The highest BCUT2D eigenvalue weighted by Crippen LogP contribution is 2.43. The molecule has 2 aromatic carbocycles. The zero-order valence-electron chi connectivity index (χ0n) is 48.3. The van der Waals surface area contributed by atoms with Crippen LogP contribution in [0, 0.1) is 0 Å². The minimum absolute atomic E-state index is 0. The second-order valence-corrected chi connectivity index (χ2v) is 29.0. The van der Waals surface area contributed by atoms with Gasteiger partial charge in [-0.25, -0.2) is 44.7 Å². The van der Waals surface area contributed by atoms with Gasteiger partial charge in [-0.15, -0.1) is 22.7 Å². The topological polar surface area (TPSA) is 173 Å². The van der Waals surface area contributed by atoms with Crippen LogP contribution in [-0.2, 0) is 51.2 Å². The summed E-state index contributed by atoms with van der Waals surface area (Å²) in [4.78, 5) is 21.3. The highest BCUT2D eigenvalue weighted by atomic mass is 79.9. The van der Waals surface area contributed by atoms with E-state index in [0.29, 0.717) is 32.9 Å². The van der Waals surface area contributed by atoms with Gasteiger partial charge in [0.15, 0.2) is 22.7 Å². The van der Waals surface area contributed by atoms with Gasteiger partial charge in [-0.2, -0.15) is 26.3 Å². The summed E-state index contributed by atoms with van der Waals surface area (Å²) >= 11 is 4.87. The minimum Gasteiger partial charge on any atom is -0.400 e. The molecule has 0 bridgehead atoms. The Labute approximate surface area is 537 Å². The van der Waals surface area contributed by atoms with Crippen molar-refractivity contribution in [1.82, 2.24) is 37.7 Å². The molecule has 90 heavy (non-hydrogen) atoms. The highest BCUT2D eigenvalue weighted by Gasteiger charge is 2.52. The van der Waals surface area contributed by atoms with Crippen molar-refractivity contribution in [2.24, 2.45) is 0 Å². The number of rotatable bonds is 10. The summed E-state index contributed by atoms with van der Waals surface area (Å²) in [7, 11) is -8.20. The van der Waals surface area contributed by atoms with Gasteiger partial charge in [0.25, 0.3) is 20.0 Å². The zero-order valence-corrected chi connectivity index (χ0v) is 53.2. The molecule has 5 aliphatic rings. The third-order valence-electron chi connectivity index (χ3n) is 16.7. The molecule has 0 saturated carbocycles. The highest BCUT2D eigenvalue weighted by molar-refractivity contribution is 9.10. The van der Waals surface area contributed by atoms with E-state index in [4.69, 9.17) is 18.8 Å². The maximum absolute atomic E-state index is 13.5. The maximum atomic E-state index is 13.5. The lowest BCUT2D eigenvalue weighted by molar-refractivity contribution is -0.141. The predicted octanol–water partition coefficient (Wildman–Crippen LogP) is 14.6. The number of thiazole rings is 2. The van der Waals surface area contributed by atoms with Gasteiger partial charge in [-0.1, -0.05) is 63.4 Å². The Morgan fingerprint density at radius 2 is 1.04 bits per heavy atom. The molecule has 2 aliphatic carbocycles. The van der Waals surface area contributed by atoms with E-state index >= 15 is 0 Å². The summed E-state index contributed by atoms with van der Waals surface area (Å²) in [5, 5.41) is 2.78. The van der Waals surface area contributed by atoms with Gasteiger partial charge >= 0.3 is 19.5 Å². The number of nitrogens with zero attached hydrogens (tertiary/aromatic N) is 8. The smallest absolute Gasteiger partial charge is 0.400 e. The standard InChI is InChI=1S/C27H25F3N4O3S2.C17H9BrF3N3O2S2.C16H28BNO3.2CH4/c28-27(29,30)24-17-38-26(32-24)23-16-34(39(35,36)21-4-2-1-3-5-21)25-22(23)14-19(15-31-25)18-6-8-20(9-7-18)33-10-12-37-13-11-33;18-10-6-12-13(16-23-14(9-27-16)17(19,20)21)8-24(15(12)22-7-10)28(25,26)11-4-2-1-3-5-11;1-15(2)16(3,4)21-17(20-15)13-5-7-14(8-6-13)18-9-11-19-12-10-18;;/h1-6,14-17,20H,7-13H2;1-9H;5,14H,6-12H2,1-4H3;2*1H4. The first-order valence-corrected chi connectivity index (χ1v) is 33.9. The number of benzene rings is 2. The van der Waals surface area contributed by atoms with E-state index in [1.807, 2.05) is 6.07 Å². The fourth-order valence-electron chi connectivity index (χ4n) is 11.2. The van der Waals surface area contributed by atoms with Gasteiger partial charge in [0.05, 0.1) is 47.4 Å². The summed E-state index contributed by atoms with van der Waals surface area (Å²) in [5.74, 6) is 0. The average molecular weight is 1390 g/mol. The number of halogens is 7. The van der Waals surface area contributed by atoms with Crippen LogP contribution in [0.15, 0.2) is 140 Å². The minimum atomic E-state index is -4.60. The number of aromatic nitrogens is 6. The number of allylic oxidation sites excluding steroid dienone is 2. The first-order valence-electron chi connectivity index (χ1n) is 28.5. The number of fused-ring (bicyclic) bond motifs is 2. The van der Waals surface area contributed by atoms with Gasteiger partial charge in [-0.3, -0.25) is 9.80 Å². The van der Waals surface area contributed by atoms with E-state index < -0.39 is 43.8 Å². The first-order chi connectivity index (χ1) is 41.8. The Balaban J connectivity index is 0.000000166. The van der Waals surface area contributed by atoms with Crippen molar-refractivity contribution >= 4 is 93.4 Å². The SMILES string of the molecule is C.C.CC1(C)OB(C2=CCC(N3CCOCC3)CC2)OC1(C)C.O=S(=O)(c1ccccc1)n1cc(-c2nc(C(F)(F)F)cs2)c2cc(Br)cnc21.O=S(=O)(c1ccccc1)n1cc(-c2nc(C(F)(F)F)cs2)c2cc(C3=CCC(N4CCOCC4)CC3)cnc21. The Bertz CT molecular complexity index is 4090. The van der Waals surface area contributed by atoms with Crippen LogP contribution >= 0.6 is 38.6 Å². The van der Waals surface area contributed by atoms with Crippen molar-refractivity contribution in [2.45, 2.75) is 127 Å². The van der Waals surface area contributed by atoms with E-state index in [1.165, 1.54) is 54.7 Å². The normalized spacial score (nSPS) is 20.0. The molecule has 0 amide bonds. The van der Waals surface area contributed by atoms with Crippen molar-refractivity contribution in [2.75, 3.05) is 52.6 Å². The molecule has 3 aliphatic heterocycles. The van der Waals surface area contributed by atoms with Gasteiger partial charge in [0.2, 0.25) is 0 Å². The van der Waals surface area contributed by atoms with Crippen molar-refractivity contribution in [1.29, 1.82) is 0 Å². The monoisotopic (exact) mass is 1390 g/mol. The van der Waals surface area contributed by atoms with Crippen LogP contribution in [0.2, 0.25) is 0 Å². The lowest BCUT2D eigenvalue weighted by Crippen LogP contribution is -2.44. The molecule has 3 saturated heterocycles. The lowest BCUT2D eigenvalue weighted by atomic mass is 9.71. The zero-order chi connectivity index (χ0) is 62.4. The molecule has 6 aromatic heterocycles. The fourth-order valence-corrected chi connectivity index (χ4v) is 15.9. The Hall–Kier alpha value is -5.66. The summed E-state index contributed by atoms with van der Waals surface area (Å²) in [5.41, 5.74) is 1.53. The van der Waals surface area contributed by atoms with Gasteiger partial charge in [0, 0.05) is 100 Å². The Morgan fingerprint density at radius 1 is 0.611 bits per heavy atom. The summed E-state index contributed by atoms with van der Waals surface area (Å²) < 4.78 is 158. The van der Waals surface area contributed by atoms with Crippen molar-refractivity contribution in [3.05, 3.63) is 147 Å². The van der Waals surface area contributed by atoms with E-state index in [1.54, 1.807) is 48.7 Å². The van der Waals surface area contributed by atoms with Crippen molar-refractivity contribution in [3.8, 4) is 21.1 Å². The molecular formula is C62H70BBrF6N8O8S4. The van der Waals surface area contributed by atoms with E-state index in [-0.39, 0.29) is 69.8 Å². The number of ether oxygens (including phenoxy) is 2. The number of morpholine rings is 2. The number of alkyl halides is 6. The first kappa shape index (κ1) is 68.7. The van der Waals surface area contributed by atoms with E-state index in [2.05, 4.69) is 85.5 Å². The summed E-state index contributed by atoms with van der Waals surface area (Å²) in [6.07, 6.45) is 7.08. The van der Waals surface area contributed by atoms with E-state index in [9.17, 15) is 43.2 Å². The molecule has 0 radical (unpaired) electrons. The molecule has 9 heterocycles. The van der Waals surface area contributed by atoms with Gasteiger partial charge in [-0.05, 0) is 135 Å². The molecule has 2 unspecified atom stereocenters. The maximum Gasteiger partial charge on any atom is 0.490 e. The molecular weight excluding hydrogens is 1320 g/mol. The fraction of sp³-hybridized carbons (Fsp3) is 0.419. The second kappa shape index (κ2) is 27.5. The Kier molecular flexibility index (Phi) is 21.0. The predicted molar refractivity (Wildman–Crippen MR) is 343 cm³/mol. The number of hydrogen-bond acceptors (Lipinski definition) is 16. The van der Waals surface area contributed by atoms with E-state index in [0.717, 1.165) is 137 Å². The molecule has 13 rings (SSSR count). The van der Waals surface area contributed by atoms with Crippen molar-refractivity contribution < 1.29 is 62.0 Å². The van der Waals surface area contributed by atoms with Crippen LogP contribution in [0.4, 0.5) is 26.3 Å². The molecule has 2 atom stereocenters. The third kappa shape index (κ3) is 14.6. The molecule has 8 aromatic rings. The summed E-state index contributed by atoms with van der Waals surface area (Å²) in [6.45, 7) is 15.7. The Morgan fingerprint density at radius 3 is 1.46 bits per heavy atom. The van der Waals surface area contributed by atoms with Crippen LogP contribution in [0.3, 0.4) is 0 Å². The van der Waals surface area contributed by atoms with Crippen LogP contribution in [0.5, 0.6) is 0 Å². The van der Waals surface area contributed by atoms with Crippen molar-refractivity contribution in [3.63, 3.8) is 0 Å². The summed E-state index contributed by atoms with van der Waals surface area (Å²) in [6, 6.07) is 20.1. The quantitative estimate of drug-likeness (QED) is 0.0934. The largest absolute Gasteiger partial charge is 0.490 e. The third-order valence-corrected chi connectivity index (χ3v) is 22.2. The van der Waals surface area contributed by atoms with Crippen LogP contribution in [0.25, 0.3) is 48.8 Å². The average Bonchev–Trinajstić information content (AvgIpc) is 1.64. The van der Waals surface area contributed by atoms with Gasteiger partial charge in [0.1, 0.15) is 10.0 Å². The molecule has 28 heteroatoms. The van der Waals surface area contributed by atoms with Crippen LogP contribution in [0.1, 0.15) is 98.0 Å². The van der Waals surface area contributed by atoms with Crippen LogP contribution in [-0.4, -0.2) is 138 Å². The molecule has 0 N–H and O–H groups in total. The second-order valence-electron chi connectivity index (χ2n) is 22.8. The molecule has 16 nitrogen and oxygen atoms in total. The molecule has 0 spiro atoms. The van der Waals surface area contributed by atoms with Crippen LogP contribution < -0.4 is 0 Å². The molecule has 482 valence electrons. The number of hydrogen-bond donors (Lipinski definition) is 0. The number of pyridine rings is 2. The van der Waals surface area contributed by atoms with Gasteiger partial charge < -0.3 is 18.8 Å². The molecule has 3 fully saturated rings.